The van der Waals surface area contributed by atoms with Gasteiger partial charge in [-0.25, -0.2) is 9.97 Å². The molecule has 118 valence electrons. The average molecular weight is 329 g/mol. The Morgan fingerprint density at radius 1 is 1.23 bits per heavy atom. The van der Waals surface area contributed by atoms with Gasteiger partial charge in [0.2, 0.25) is 0 Å². The van der Waals surface area contributed by atoms with Gasteiger partial charge in [-0.3, -0.25) is 0 Å². The van der Waals surface area contributed by atoms with Crippen molar-refractivity contribution in [3.05, 3.63) is 35.5 Å². The summed E-state index contributed by atoms with van der Waals surface area (Å²) in [7, 11) is 0. The Morgan fingerprint density at radius 2 is 1.95 bits per heavy atom. The minimum atomic E-state index is -4.71. The van der Waals surface area contributed by atoms with Crippen LogP contribution in [0.15, 0.2) is 29.4 Å². The topological polar surface area (TPSA) is 61.0 Å². The van der Waals surface area contributed by atoms with Crippen LogP contribution in [0.1, 0.15) is 11.3 Å². The Bertz CT molecular complexity index is 655. The van der Waals surface area contributed by atoms with E-state index >= 15 is 0 Å². The highest BCUT2D eigenvalue weighted by Gasteiger charge is 2.31. The minimum absolute atomic E-state index is 0.257. The lowest BCUT2D eigenvalue weighted by Crippen LogP contribution is -2.17. The Kier molecular flexibility index (Phi) is 4.92. The number of hydrogen-bond donors (Lipinski definition) is 1. The highest BCUT2D eigenvalue weighted by atomic mass is 32.2. The number of alkyl halides is 3. The largest absolute Gasteiger partial charge is 0.573 e. The number of thioether (sulfide) groups is 1. The summed E-state index contributed by atoms with van der Waals surface area (Å²) >= 11 is 1.37. The molecule has 2 rings (SSSR count). The number of rotatable bonds is 4. The Hall–Kier alpha value is -1.80. The molecule has 1 aromatic carbocycles. The summed E-state index contributed by atoms with van der Waals surface area (Å²) in [4.78, 5) is 8.61. The second-order valence-electron chi connectivity index (χ2n) is 4.46. The first-order chi connectivity index (χ1) is 10.3. The summed E-state index contributed by atoms with van der Waals surface area (Å²) < 4.78 is 40.6. The molecule has 0 unspecified atom stereocenters. The number of aryl methyl sites for hydroxylation is 1. The normalized spacial score (nSPS) is 11.5. The van der Waals surface area contributed by atoms with Gasteiger partial charge in [-0.15, -0.1) is 13.2 Å². The fourth-order valence-corrected chi connectivity index (χ4v) is 2.33. The molecule has 1 aromatic heterocycles. The number of hydrogen-bond acceptors (Lipinski definition) is 5. The lowest BCUT2D eigenvalue weighted by Gasteiger charge is -2.12. The molecule has 1 heterocycles. The van der Waals surface area contributed by atoms with Crippen molar-refractivity contribution in [3.8, 4) is 17.0 Å². The zero-order chi connectivity index (χ0) is 16.3. The monoisotopic (exact) mass is 329 g/mol. The highest BCUT2D eigenvalue weighted by molar-refractivity contribution is 7.98. The average Bonchev–Trinajstić information content (AvgIpc) is 2.45. The van der Waals surface area contributed by atoms with Crippen LogP contribution >= 0.6 is 11.8 Å². The van der Waals surface area contributed by atoms with Gasteiger partial charge >= 0.3 is 6.36 Å². The Morgan fingerprint density at radius 3 is 2.50 bits per heavy atom. The van der Waals surface area contributed by atoms with Gasteiger partial charge in [-0.2, -0.15) is 0 Å². The molecule has 2 N–H and O–H groups in total. The fourth-order valence-electron chi connectivity index (χ4n) is 1.93. The van der Waals surface area contributed by atoms with Crippen LogP contribution in [0.2, 0.25) is 0 Å². The number of halogens is 3. The van der Waals surface area contributed by atoms with Crippen molar-refractivity contribution in [1.29, 1.82) is 0 Å². The number of nitrogens with two attached hydrogens (primary N) is 1. The molecule has 0 aliphatic rings. The Labute approximate surface area is 129 Å². The van der Waals surface area contributed by atoms with E-state index in [1.165, 1.54) is 23.9 Å². The predicted octanol–water partition coefficient (Wildman–Crippen LogP) is 3.53. The van der Waals surface area contributed by atoms with Gasteiger partial charge in [0.1, 0.15) is 5.75 Å². The maximum atomic E-state index is 12.2. The molecule has 0 aliphatic carbocycles. The molecule has 0 saturated carbocycles. The van der Waals surface area contributed by atoms with Crippen molar-refractivity contribution < 1.29 is 17.9 Å². The second-order valence-corrected chi connectivity index (χ2v) is 5.23. The van der Waals surface area contributed by atoms with Gasteiger partial charge in [0.15, 0.2) is 5.16 Å². The standard InChI is InChI=1S/C14H14F3N3OS/c1-8-5-10(21-14(15,16)17)3-4-11(8)12-6-9(7-18)19-13(20-12)22-2/h3-6H,7,18H2,1-2H3. The molecule has 0 aliphatic heterocycles. The molecule has 0 bridgehead atoms. The van der Waals surface area contributed by atoms with E-state index < -0.39 is 6.36 Å². The van der Waals surface area contributed by atoms with Gasteiger partial charge in [0, 0.05) is 12.1 Å². The van der Waals surface area contributed by atoms with Crippen LogP contribution in [0, 0.1) is 6.92 Å². The van der Waals surface area contributed by atoms with Gasteiger partial charge in [-0.05, 0) is 43.0 Å². The van der Waals surface area contributed by atoms with Crippen LogP contribution in [0.25, 0.3) is 11.3 Å². The predicted molar refractivity (Wildman–Crippen MR) is 78.6 cm³/mol. The first kappa shape index (κ1) is 16.6. The molecule has 0 atom stereocenters. The first-order valence-electron chi connectivity index (χ1n) is 6.31. The lowest BCUT2D eigenvalue weighted by atomic mass is 10.0. The summed E-state index contributed by atoms with van der Waals surface area (Å²) in [5.74, 6) is -0.257. The van der Waals surface area contributed by atoms with Crippen molar-refractivity contribution in [1.82, 2.24) is 9.97 Å². The van der Waals surface area contributed by atoms with E-state index in [0.29, 0.717) is 27.7 Å². The van der Waals surface area contributed by atoms with E-state index in [1.807, 2.05) is 6.26 Å². The zero-order valence-electron chi connectivity index (χ0n) is 11.9. The third-order valence-electron chi connectivity index (χ3n) is 2.86. The number of nitrogens with zero attached hydrogens (tertiary/aromatic N) is 2. The zero-order valence-corrected chi connectivity index (χ0v) is 12.8. The summed E-state index contributed by atoms with van der Waals surface area (Å²) in [6, 6.07) is 5.86. The number of benzene rings is 1. The third-order valence-corrected chi connectivity index (χ3v) is 3.41. The fraction of sp³-hybridized carbons (Fsp3) is 0.286. The van der Waals surface area contributed by atoms with Crippen molar-refractivity contribution in [2.45, 2.75) is 25.0 Å². The van der Waals surface area contributed by atoms with Crippen LogP contribution < -0.4 is 10.5 Å². The molecule has 2 aromatic rings. The molecule has 8 heteroatoms. The van der Waals surface area contributed by atoms with Crippen LogP contribution in [-0.2, 0) is 6.54 Å². The van der Waals surface area contributed by atoms with Gasteiger partial charge in [0.25, 0.3) is 0 Å². The van der Waals surface area contributed by atoms with Crippen LogP contribution in [0.4, 0.5) is 13.2 Å². The van der Waals surface area contributed by atoms with Crippen molar-refractivity contribution >= 4 is 11.8 Å². The maximum absolute atomic E-state index is 12.2. The Balaban J connectivity index is 2.41. The number of ether oxygens (including phenoxy) is 1. The number of aromatic nitrogens is 2. The smallest absolute Gasteiger partial charge is 0.406 e. The van der Waals surface area contributed by atoms with Crippen molar-refractivity contribution in [3.63, 3.8) is 0 Å². The van der Waals surface area contributed by atoms with E-state index in [-0.39, 0.29) is 12.3 Å². The summed E-state index contributed by atoms with van der Waals surface area (Å²) in [5.41, 5.74) is 8.23. The molecule has 0 radical (unpaired) electrons. The molecule has 0 fully saturated rings. The van der Waals surface area contributed by atoms with E-state index in [1.54, 1.807) is 19.1 Å². The van der Waals surface area contributed by atoms with Crippen molar-refractivity contribution in [2.24, 2.45) is 5.73 Å². The van der Waals surface area contributed by atoms with E-state index in [2.05, 4.69) is 14.7 Å². The highest BCUT2D eigenvalue weighted by Crippen LogP contribution is 2.29. The molecule has 0 amide bonds. The van der Waals surface area contributed by atoms with E-state index in [0.717, 1.165) is 0 Å². The maximum Gasteiger partial charge on any atom is 0.573 e. The molecule has 4 nitrogen and oxygen atoms in total. The quantitative estimate of drug-likeness (QED) is 0.687. The van der Waals surface area contributed by atoms with E-state index in [9.17, 15) is 13.2 Å². The van der Waals surface area contributed by atoms with Gasteiger partial charge in [-0.1, -0.05) is 11.8 Å². The first-order valence-corrected chi connectivity index (χ1v) is 7.53. The minimum Gasteiger partial charge on any atom is -0.406 e. The second kappa shape index (κ2) is 6.53. The van der Waals surface area contributed by atoms with E-state index in [4.69, 9.17) is 5.73 Å². The molecule has 0 saturated heterocycles. The summed E-state index contributed by atoms with van der Waals surface area (Å²) in [6.45, 7) is 1.96. The van der Waals surface area contributed by atoms with Crippen LogP contribution in [-0.4, -0.2) is 22.6 Å². The van der Waals surface area contributed by atoms with Crippen molar-refractivity contribution in [2.75, 3.05) is 6.26 Å². The SMILES string of the molecule is CSc1nc(CN)cc(-c2ccc(OC(F)(F)F)cc2C)n1. The van der Waals surface area contributed by atoms with Gasteiger partial charge in [0.05, 0.1) is 11.4 Å². The van der Waals surface area contributed by atoms with Gasteiger partial charge < -0.3 is 10.5 Å². The molecule has 0 spiro atoms. The van der Waals surface area contributed by atoms with Crippen LogP contribution in [0.3, 0.4) is 0 Å². The molecular formula is C14H14F3N3OS. The molecular weight excluding hydrogens is 315 g/mol. The lowest BCUT2D eigenvalue weighted by molar-refractivity contribution is -0.274. The van der Waals surface area contributed by atoms with Crippen LogP contribution in [0.5, 0.6) is 5.75 Å². The molecule has 22 heavy (non-hydrogen) atoms. The summed E-state index contributed by atoms with van der Waals surface area (Å²) in [6.07, 6.45) is -2.87. The summed E-state index contributed by atoms with van der Waals surface area (Å²) in [5, 5.41) is 0.563. The third kappa shape index (κ3) is 4.11.